The zero-order chi connectivity index (χ0) is 16.8. The van der Waals surface area contributed by atoms with Gasteiger partial charge in [-0.25, -0.2) is 0 Å². The number of rotatable bonds is 6. The van der Waals surface area contributed by atoms with Crippen LogP contribution in [0.3, 0.4) is 0 Å². The predicted molar refractivity (Wildman–Crippen MR) is 92.7 cm³/mol. The van der Waals surface area contributed by atoms with Crippen LogP contribution in [0, 0.1) is 0 Å². The van der Waals surface area contributed by atoms with Crippen LogP contribution in [0.4, 0.5) is 5.69 Å². The number of carbonyl (C=O) groups is 2. The van der Waals surface area contributed by atoms with Crippen LogP contribution >= 0.6 is 0 Å². The average Bonchev–Trinajstić information content (AvgIpc) is 2.53. The summed E-state index contributed by atoms with van der Waals surface area (Å²) in [4.78, 5) is 25.8. The molecule has 0 bridgehead atoms. The van der Waals surface area contributed by atoms with Gasteiger partial charge in [0.25, 0.3) is 0 Å². The van der Waals surface area contributed by atoms with Gasteiger partial charge in [-0.1, -0.05) is 30.3 Å². The summed E-state index contributed by atoms with van der Waals surface area (Å²) in [5.41, 5.74) is 2.47. The molecular formula is C19H22N2O2. The van der Waals surface area contributed by atoms with Crippen molar-refractivity contribution in [2.24, 2.45) is 0 Å². The smallest absolute Gasteiger partial charge is 0.221 e. The molecule has 0 aliphatic rings. The molecule has 4 nitrogen and oxygen atoms in total. The number of hydrogen-bond acceptors (Lipinski definition) is 3. The molecule has 0 aliphatic heterocycles. The molecule has 0 aromatic heterocycles. The number of carbonyl (C=O) groups excluding carboxylic acids is 2. The lowest BCUT2D eigenvalue weighted by Gasteiger charge is -2.23. The zero-order valence-corrected chi connectivity index (χ0v) is 13.7. The highest BCUT2D eigenvalue weighted by molar-refractivity contribution is 6.00. The van der Waals surface area contributed by atoms with Crippen molar-refractivity contribution >= 4 is 17.4 Å². The molecule has 0 aliphatic carbocycles. The van der Waals surface area contributed by atoms with E-state index in [1.54, 1.807) is 24.3 Å². The summed E-state index contributed by atoms with van der Waals surface area (Å²) >= 11 is 0. The van der Waals surface area contributed by atoms with Crippen LogP contribution in [0.25, 0.3) is 0 Å². The molecule has 0 radical (unpaired) electrons. The third kappa shape index (κ3) is 4.76. The average molecular weight is 310 g/mol. The van der Waals surface area contributed by atoms with Crippen molar-refractivity contribution in [1.29, 1.82) is 0 Å². The first kappa shape index (κ1) is 16.9. The van der Waals surface area contributed by atoms with E-state index in [2.05, 4.69) is 5.32 Å². The van der Waals surface area contributed by atoms with Crippen molar-refractivity contribution < 1.29 is 9.59 Å². The minimum atomic E-state index is -0.219. The second-order valence-electron chi connectivity index (χ2n) is 5.79. The maximum Gasteiger partial charge on any atom is 0.221 e. The molecule has 1 atom stereocenters. The summed E-state index contributed by atoms with van der Waals surface area (Å²) in [6.45, 7) is 1.46. The van der Waals surface area contributed by atoms with Gasteiger partial charge in [-0.3, -0.25) is 14.5 Å². The van der Waals surface area contributed by atoms with Crippen molar-refractivity contribution in [1.82, 2.24) is 4.90 Å². The highest BCUT2D eigenvalue weighted by Gasteiger charge is 2.22. The van der Waals surface area contributed by atoms with Gasteiger partial charge in [-0.2, -0.15) is 0 Å². The maximum atomic E-state index is 12.8. The second-order valence-corrected chi connectivity index (χ2v) is 5.79. The molecule has 120 valence electrons. The number of likely N-dealkylation sites (N-methyl/N-ethyl adjacent to an activating group) is 1. The van der Waals surface area contributed by atoms with Gasteiger partial charge < -0.3 is 5.32 Å². The van der Waals surface area contributed by atoms with Crippen LogP contribution < -0.4 is 5.32 Å². The van der Waals surface area contributed by atoms with Gasteiger partial charge in [0.1, 0.15) is 0 Å². The molecule has 1 N–H and O–H groups in total. The number of ketones is 1. The summed E-state index contributed by atoms with van der Waals surface area (Å²) in [5.74, 6) is -0.0486. The van der Waals surface area contributed by atoms with E-state index >= 15 is 0 Å². The monoisotopic (exact) mass is 310 g/mol. The largest absolute Gasteiger partial charge is 0.326 e. The lowest BCUT2D eigenvalue weighted by molar-refractivity contribution is -0.114. The van der Waals surface area contributed by atoms with Crippen LogP contribution in [-0.4, -0.2) is 36.7 Å². The highest BCUT2D eigenvalue weighted by Crippen LogP contribution is 2.15. The number of nitrogens with one attached hydrogen (secondary N) is 1. The molecule has 0 spiro atoms. The van der Waals surface area contributed by atoms with Gasteiger partial charge in [0.2, 0.25) is 5.91 Å². The van der Waals surface area contributed by atoms with Crippen molar-refractivity contribution in [3.05, 3.63) is 65.7 Å². The van der Waals surface area contributed by atoms with E-state index in [-0.39, 0.29) is 17.7 Å². The van der Waals surface area contributed by atoms with Crippen molar-refractivity contribution in [2.75, 3.05) is 19.4 Å². The third-order valence-corrected chi connectivity index (χ3v) is 3.69. The maximum absolute atomic E-state index is 12.8. The molecule has 0 fully saturated rings. The van der Waals surface area contributed by atoms with E-state index in [4.69, 9.17) is 0 Å². The molecule has 2 aromatic carbocycles. The first-order chi connectivity index (χ1) is 11.0. The summed E-state index contributed by atoms with van der Waals surface area (Å²) in [7, 11) is 3.83. The third-order valence-electron chi connectivity index (χ3n) is 3.69. The Morgan fingerprint density at radius 2 is 1.61 bits per heavy atom. The molecule has 2 aromatic rings. The van der Waals surface area contributed by atoms with Gasteiger partial charge in [0, 0.05) is 18.2 Å². The van der Waals surface area contributed by atoms with E-state index in [9.17, 15) is 9.59 Å². The van der Waals surface area contributed by atoms with Gasteiger partial charge >= 0.3 is 0 Å². The Morgan fingerprint density at radius 1 is 1.00 bits per heavy atom. The number of nitrogens with zero attached hydrogens (tertiary/aromatic N) is 1. The highest BCUT2D eigenvalue weighted by atomic mass is 16.1. The van der Waals surface area contributed by atoms with Crippen molar-refractivity contribution in [3.8, 4) is 0 Å². The summed E-state index contributed by atoms with van der Waals surface area (Å²) in [6.07, 6.45) is 0.667. The van der Waals surface area contributed by atoms with E-state index in [1.807, 2.05) is 49.3 Å². The lowest BCUT2D eigenvalue weighted by atomic mass is 9.96. The number of anilines is 1. The molecular weight excluding hydrogens is 288 g/mol. The summed E-state index contributed by atoms with van der Waals surface area (Å²) in [5, 5.41) is 2.70. The quantitative estimate of drug-likeness (QED) is 0.835. The van der Waals surface area contributed by atoms with Crippen molar-refractivity contribution in [3.63, 3.8) is 0 Å². The first-order valence-electron chi connectivity index (χ1n) is 7.59. The van der Waals surface area contributed by atoms with E-state index in [0.29, 0.717) is 17.7 Å². The molecule has 2 rings (SSSR count). The van der Waals surface area contributed by atoms with Crippen LogP contribution in [-0.2, 0) is 11.2 Å². The normalized spacial score (nSPS) is 12.0. The predicted octanol–water partition coefficient (Wildman–Crippen LogP) is 3.00. The fraction of sp³-hybridized carbons (Fsp3) is 0.263. The summed E-state index contributed by atoms with van der Waals surface area (Å²) < 4.78 is 0. The Morgan fingerprint density at radius 3 is 2.13 bits per heavy atom. The number of hydrogen-bond donors (Lipinski definition) is 1. The zero-order valence-electron chi connectivity index (χ0n) is 13.7. The molecule has 1 amide bonds. The molecule has 0 heterocycles. The van der Waals surface area contributed by atoms with Gasteiger partial charge in [-0.15, -0.1) is 0 Å². The number of benzene rings is 2. The number of Topliss-reactive ketones (excluding diaryl/α,β-unsaturated/α-hetero) is 1. The lowest BCUT2D eigenvalue weighted by Crippen LogP contribution is -2.37. The SMILES string of the molecule is CC(=O)Nc1ccc(C(=O)[C@H](Cc2ccccc2)N(C)C)cc1. The molecule has 0 saturated heterocycles. The minimum absolute atomic E-state index is 0.0771. The molecule has 4 heteroatoms. The minimum Gasteiger partial charge on any atom is -0.326 e. The summed E-state index contributed by atoms with van der Waals surface area (Å²) in [6, 6.07) is 16.8. The standard InChI is InChI=1S/C19H22N2O2/c1-14(22)20-17-11-9-16(10-12-17)19(23)18(21(2)3)13-15-7-5-4-6-8-15/h4-12,18H,13H2,1-3H3,(H,20,22)/t18-/m0/s1. The molecule has 0 unspecified atom stereocenters. The fourth-order valence-corrected chi connectivity index (χ4v) is 2.46. The fourth-order valence-electron chi connectivity index (χ4n) is 2.46. The topological polar surface area (TPSA) is 49.4 Å². The Labute approximate surface area is 137 Å². The molecule has 0 saturated carbocycles. The second kappa shape index (κ2) is 7.70. The van der Waals surface area contributed by atoms with Crippen LogP contribution in [0.15, 0.2) is 54.6 Å². The first-order valence-corrected chi connectivity index (χ1v) is 7.59. The van der Waals surface area contributed by atoms with Crippen LogP contribution in [0.5, 0.6) is 0 Å². The van der Waals surface area contributed by atoms with Crippen LogP contribution in [0.1, 0.15) is 22.8 Å². The Balaban J connectivity index is 2.16. The molecule has 23 heavy (non-hydrogen) atoms. The number of amides is 1. The Hall–Kier alpha value is -2.46. The van der Waals surface area contributed by atoms with Crippen LogP contribution in [0.2, 0.25) is 0 Å². The van der Waals surface area contributed by atoms with E-state index in [0.717, 1.165) is 5.56 Å². The van der Waals surface area contributed by atoms with Crippen molar-refractivity contribution in [2.45, 2.75) is 19.4 Å². The Kier molecular flexibility index (Phi) is 5.66. The van der Waals surface area contributed by atoms with Gasteiger partial charge in [0.15, 0.2) is 5.78 Å². The van der Waals surface area contributed by atoms with Gasteiger partial charge in [0.05, 0.1) is 6.04 Å². The van der Waals surface area contributed by atoms with E-state index < -0.39 is 0 Å². The van der Waals surface area contributed by atoms with E-state index in [1.165, 1.54) is 6.92 Å². The van der Waals surface area contributed by atoms with Gasteiger partial charge in [-0.05, 0) is 50.3 Å². The Bertz CT molecular complexity index is 664.